The number of aliphatic carboxylic acids is 2. The quantitative estimate of drug-likeness (QED) is 0.557. The van der Waals surface area contributed by atoms with Crippen LogP contribution >= 0.6 is 0 Å². The first-order valence-corrected chi connectivity index (χ1v) is 2.24. The van der Waals surface area contributed by atoms with E-state index >= 15 is 0 Å². The predicted octanol–water partition coefficient (Wildman–Crippen LogP) is -1.13. The Hall–Kier alpha value is -0.0610. The average Bonchev–Trinajstić information content (AvgIpc) is 1.63. The van der Waals surface area contributed by atoms with Crippen molar-refractivity contribution in [3.63, 3.8) is 0 Å². The van der Waals surface area contributed by atoms with Crippen LogP contribution in [-0.2, 0) is 43.7 Å². The summed E-state index contributed by atoms with van der Waals surface area (Å²) in [6, 6.07) is -1.29. The summed E-state index contributed by atoms with van der Waals surface area (Å²) in [5.41, 5.74) is 4.84. The number of nitrogens with two attached hydrogens (primary N) is 1. The molecule has 1 unspecified atom stereocenters. The molecule has 4 N–H and O–H groups in total. The van der Waals surface area contributed by atoms with Crippen molar-refractivity contribution in [1.82, 2.24) is 0 Å². The van der Waals surface area contributed by atoms with Gasteiger partial charge < -0.3 is 15.9 Å². The second-order valence-corrected chi connectivity index (χ2v) is 1.54. The molecule has 74 valence electrons. The summed E-state index contributed by atoms with van der Waals surface area (Å²) in [6.07, 6.45) is -0.532. The Morgan fingerprint density at radius 3 is 1.73 bits per heavy atom. The number of rotatable bonds is 3. The molecule has 0 bridgehead atoms. The van der Waals surface area contributed by atoms with Gasteiger partial charge in [0.2, 0.25) is 0 Å². The topological polar surface area (TPSA) is 101 Å². The second kappa shape index (κ2) is 8.04. The minimum Gasteiger partial charge on any atom is -0.481 e. The maximum Gasteiger partial charge on any atom is 0.321 e. The van der Waals surface area contributed by atoms with Crippen LogP contribution in [0, 0.1) is 0 Å². The Kier molecular flexibility index (Phi) is 12.5. The van der Waals surface area contributed by atoms with E-state index < -0.39 is 24.4 Å². The molecule has 0 saturated carbocycles. The minimum atomic E-state index is -1.29. The molecule has 0 fully saturated rings. The first-order chi connectivity index (χ1) is 4.04. The molecule has 2 radical (unpaired) electrons. The van der Waals surface area contributed by atoms with E-state index in [-0.39, 0.29) is 34.1 Å². The molecule has 0 aromatic carbocycles. The molecule has 0 saturated heterocycles. The standard InChI is InChI=1S/C4H7NO4.2Cu/c5-2(4(8)9)1-3(6)7;;/h2H,1,5H2,(H,6,7)(H,8,9);;. The maximum absolute atomic E-state index is 9.85. The number of carbonyl (C=O) groups is 2. The van der Waals surface area contributed by atoms with Crippen molar-refractivity contribution in [2.45, 2.75) is 12.5 Å². The Bertz CT molecular complexity index is 140. The molecule has 7 heteroatoms. The summed E-state index contributed by atoms with van der Waals surface area (Å²) in [4.78, 5) is 19.6. The van der Waals surface area contributed by atoms with Crippen molar-refractivity contribution < 1.29 is 53.9 Å². The van der Waals surface area contributed by atoms with E-state index in [2.05, 4.69) is 0 Å². The normalized spacial score (nSPS) is 10.3. The SMILES string of the molecule is NC(CC(=O)O)C(=O)O.[Cu].[Cu]. The average molecular weight is 260 g/mol. The molecule has 0 aliphatic heterocycles. The molecule has 0 amide bonds. The van der Waals surface area contributed by atoms with Gasteiger partial charge in [-0.25, -0.2) is 0 Å². The fraction of sp³-hybridized carbons (Fsp3) is 0.500. The largest absolute Gasteiger partial charge is 0.481 e. The number of carboxylic acid groups (broad SMARTS) is 2. The summed E-state index contributed by atoms with van der Waals surface area (Å²) >= 11 is 0. The van der Waals surface area contributed by atoms with E-state index in [0.29, 0.717) is 0 Å². The Balaban J connectivity index is -0.000000320. The molecule has 0 rings (SSSR count). The van der Waals surface area contributed by atoms with Crippen molar-refractivity contribution >= 4 is 11.9 Å². The summed E-state index contributed by atoms with van der Waals surface area (Å²) < 4.78 is 0. The summed E-state index contributed by atoms with van der Waals surface area (Å²) in [5, 5.41) is 16.0. The van der Waals surface area contributed by atoms with Gasteiger partial charge in [0.05, 0.1) is 6.42 Å². The summed E-state index contributed by atoms with van der Waals surface area (Å²) in [6.45, 7) is 0. The van der Waals surface area contributed by atoms with Gasteiger partial charge in [-0.05, 0) is 0 Å². The van der Waals surface area contributed by atoms with Crippen LogP contribution in [0.5, 0.6) is 0 Å². The van der Waals surface area contributed by atoms with Crippen LogP contribution in [0.15, 0.2) is 0 Å². The first-order valence-electron chi connectivity index (χ1n) is 2.24. The van der Waals surface area contributed by atoms with E-state index in [1.165, 1.54) is 0 Å². The van der Waals surface area contributed by atoms with Gasteiger partial charge in [-0.15, -0.1) is 0 Å². The van der Waals surface area contributed by atoms with Gasteiger partial charge in [0.25, 0.3) is 0 Å². The van der Waals surface area contributed by atoms with Crippen molar-refractivity contribution in [3.8, 4) is 0 Å². The molecule has 11 heavy (non-hydrogen) atoms. The predicted molar refractivity (Wildman–Crippen MR) is 27.9 cm³/mol. The third-order valence-corrected chi connectivity index (χ3v) is 0.712. The molecule has 0 aromatic rings. The molecule has 0 aliphatic rings. The third kappa shape index (κ3) is 9.94. The summed E-state index contributed by atoms with van der Waals surface area (Å²) in [5.74, 6) is -2.50. The molecule has 5 nitrogen and oxygen atoms in total. The molecule has 0 spiro atoms. The van der Waals surface area contributed by atoms with Crippen LogP contribution in [0.1, 0.15) is 6.42 Å². The van der Waals surface area contributed by atoms with Crippen LogP contribution in [0.3, 0.4) is 0 Å². The van der Waals surface area contributed by atoms with E-state index in [4.69, 9.17) is 15.9 Å². The smallest absolute Gasteiger partial charge is 0.321 e. The van der Waals surface area contributed by atoms with Crippen LogP contribution in [0.25, 0.3) is 0 Å². The van der Waals surface area contributed by atoms with Crippen molar-refractivity contribution in [2.75, 3.05) is 0 Å². The number of hydrogen-bond acceptors (Lipinski definition) is 3. The zero-order valence-corrected chi connectivity index (χ0v) is 7.06. The van der Waals surface area contributed by atoms with E-state index in [1.807, 2.05) is 0 Å². The Morgan fingerprint density at radius 1 is 1.27 bits per heavy atom. The fourth-order valence-corrected chi connectivity index (χ4v) is 0.275. The molecule has 1 atom stereocenters. The van der Waals surface area contributed by atoms with Gasteiger partial charge in [0.15, 0.2) is 0 Å². The Morgan fingerprint density at radius 2 is 1.64 bits per heavy atom. The van der Waals surface area contributed by atoms with Gasteiger partial charge in [-0.3, -0.25) is 9.59 Å². The van der Waals surface area contributed by atoms with Crippen LogP contribution < -0.4 is 5.73 Å². The van der Waals surface area contributed by atoms with E-state index in [1.54, 1.807) is 0 Å². The van der Waals surface area contributed by atoms with Gasteiger partial charge >= 0.3 is 11.9 Å². The van der Waals surface area contributed by atoms with Crippen molar-refractivity contribution in [3.05, 3.63) is 0 Å². The summed E-state index contributed by atoms with van der Waals surface area (Å²) in [7, 11) is 0. The van der Waals surface area contributed by atoms with Crippen molar-refractivity contribution in [2.24, 2.45) is 5.73 Å². The monoisotopic (exact) mass is 259 g/mol. The first kappa shape index (κ1) is 17.1. The van der Waals surface area contributed by atoms with Crippen LogP contribution in [0.4, 0.5) is 0 Å². The molecule has 0 heterocycles. The van der Waals surface area contributed by atoms with Crippen molar-refractivity contribution in [1.29, 1.82) is 0 Å². The maximum atomic E-state index is 9.85. The fourth-order valence-electron chi connectivity index (χ4n) is 0.275. The van der Waals surface area contributed by atoms with Gasteiger partial charge in [-0.1, -0.05) is 0 Å². The molecule has 0 aliphatic carbocycles. The van der Waals surface area contributed by atoms with Gasteiger partial charge in [0.1, 0.15) is 6.04 Å². The van der Waals surface area contributed by atoms with Gasteiger partial charge in [0, 0.05) is 34.1 Å². The Labute approximate surface area is 84.3 Å². The minimum absolute atomic E-state index is 0. The van der Waals surface area contributed by atoms with Crippen LogP contribution in [-0.4, -0.2) is 28.2 Å². The van der Waals surface area contributed by atoms with Gasteiger partial charge in [-0.2, -0.15) is 0 Å². The number of hydrogen-bond donors (Lipinski definition) is 3. The molecule has 0 aromatic heterocycles. The van der Waals surface area contributed by atoms with E-state index in [0.717, 1.165) is 0 Å². The van der Waals surface area contributed by atoms with Crippen LogP contribution in [0.2, 0.25) is 0 Å². The molecular weight excluding hydrogens is 253 g/mol. The zero-order chi connectivity index (χ0) is 7.44. The second-order valence-electron chi connectivity index (χ2n) is 1.54. The number of carboxylic acids is 2. The van der Waals surface area contributed by atoms with E-state index in [9.17, 15) is 9.59 Å². The molecular formula is C4H7Cu2NO4. The third-order valence-electron chi connectivity index (χ3n) is 0.712. The zero-order valence-electron chi connectivity index (χ0n) is 5.18.